The summed E-state index contributed by atoms with van der Waals surface area (Å²) in [5.41, 5.74) is 3.40. The summed E-state index contributed by atoms with van der Waals surface area (Å²) in [4.78, 5) is 12.0. The lowest BCUT2D eigenvalue weighted by Gasteiger charge is -2.14. The zero-order valence-corrected chi connectivity index (χ0v) is 13.6. The minimum absolute atomic E-state index is 0.00425. The zero-order chi connectivity index (χ0) is 15.9. The summed E-state index contributed by atoms with van der Waals surface area (Å²) in [6, 6.07) is 14.3. The Morgan fingerprint density at radius 1 is 1.18 bits per heavy atom. The molecule has 0 spiro atoms. The van der Waals surface area contributed by atoms with Gasteiger partial charge < -0.3 is 5.32 Å². The molecule has 0 saturated heterocycles. The van der Waals surface area contributed by atoms with E-state index >= 15 is 0 Å². The predicted octanol–water partition coefficient (Wildman–Crippen LogP) is 4.24. The van der Waals surface area contributed by atoms with Crippen molar-refractivity contribution in [1.82, 2.24) is 5.32 Å². The van der Waals surface area contributed by atoms with Crippen LogP contribution in [0.25, 0.3) is 0 Å². The Morgan fingerprint density at radius 3 is 2.55 bits per heavy atom. The van der Waals surface area contributed by atoms with Crippen molar-refractivity contribution in [3.63, 3.8) is 0 Å². The molecule has 0 unspecified atom stereocenters. The highest BCUT2D eigenvalue weighted by Gasteiger charge is 2.10. The SMILES string of the molecule is Cc1ccccc1CSCC(=O)N[C@@H](C)c1ccc(F)cc1. The van der Waals surface area contributed by atoms with Crippen molar-refractivity contribution in [1.29, 1.82) is 0 Å². The average Bonchev–Trinajstić information content (AvgIpc) is 2.50. The van der Waals surface area contributed by atoms with Crippen LogP contribution in [-0.2, 0) is 10.5 Å². The molecule has 2 aromatic rings. The number of hydrogen-bond donors (Lipinski definition) is 1. The van der Waals surface area contributed by atoms with Gasteiger partial charge >= 0.3 is 0 Å². The van der Waals surface area contributed by atoms with Gasteiger partial charge in [-0.15, -0.1) is 11.8 Å². The second kappa shape index (κ2) is 7.99. The number of amides is 1. The van der Waals surface area contributed by atoms with E-state index in [2.05, 4.69) is 24.4 Å². The summed E-state index contributed by atoms with van der Waals surface area (Å²) >= 11 is 1.60. The van der Waals surface area contributed by atoms with Gasteiger partial charge in [0.05, 0.1) is 11.8 Å². The lowest BCUT2D eigenvalue weighted by atomic mass is 10.1. The topological polar surface area (TPSA) is 29.1 Å². The average molecular weight is 317 g/mol. The van der Waals surface area contributed by atoms with Gasteiger partial charge in [0.1, 0.15) is 5.82 Å². The lowest BCUT2D eigenvalue weighted by Crippen LogP contribution is -2.28. The number of carbonyl (C=O) groups is 1. The Kier molecular flexibility index (Phi) is 6.01. The molecule has 0 heterocycles. The largest absolute Gasteiger partial charge is 0.349 e. The third-order valence-corrected chi connectivity index (χ3v) is 4.48. The summed E-state index contributed by atoms with van der Waals surface area (Å²) in [6.07, 6.45) is 0. The Hall–Kier alpha value is -1.81. The number of benzene rings is 2. The van der Waals surface area contributed by atoms with Crippen LogP contribution < -0.4 is 5.32 Å². The fraction of sp³-hybridized carbons (Fsp3) is 0.278. The fourth-order valence-corrected chi connectivity index (χ4v) is 3.06. The number of hydrogen-bond acceptors (Lipinski definition) is 2. The molecule has 0 bridgehead atoms. The first-order valence-corrected chi connectivity index (χ1v) is 8.39. The molecule has 2 nitrogen and oxygen atoms in total. The van der Waals surface area contributed by atoms with Crippen molar-refractivity contribution in [2.24, 2.45) is 0 Å². The second-order valence-electron chi connectivity index (χ2n) is 5.26. The van der Waals surface area contributed by atoms with E-state index in [4.69, 9.17) is 0 Å². The van der Waals surface area contributed by atoms with E-state index in [-0.39, 0.29) is 17.8 Å². The van der Waals surface area contributed by atoms with Crippen LogP contribution in [0.3, 0.4) is 0 Å². The third kappa shape index (κ3) is 4.88. The zero-order valence-electron chi connectivity index (χ0n) is 12.8. The summed E-state index contributed by atoms with van der Waals surface area (Å²) < 4.78 is 12.9. The molecule has 0 aliphatic rings. The van der Waals surface area contributed by atoms with Gasteiger partial charge in [-0.3, -0.25) is 4.79 Å². The van der Waals surface area contributed by atoms with Gasteiger partial charge in [0.25, 0.3) is 0 Å². The Balaban J connectivity index is 1.78. The summed E-state index contributed by atoms with van der Waals surface area (Å²) in [5.74, 6) is 0.969. The van der Waals surface area contributed by atoms with Gasteiger partial charge in [0.2, 0.25) is 5.91 Å². The van der Waals surface area contributed by atoms with Crippen LogP contribution in [0.2, 0.25) is 0 Å². The summed E-state index contributed by atoms with van der Waals surface area (Å²) in [5, 5.41) is 2.93. The maximum atomic E-state index is 12.9. The molecule has 4 heteroatoms. The quantitative estimate of drug-likeness (QED) is 0.863. The smallest absolute Gasteiger partial charge is 0.230 e. The highest BCUT2D eigenvalue weighted by Crippen LogP contribution is 2.17. The highest BCUT2D eigenvalue weighted by atomic mass is 32.2. The van der Waals surface area contributed by atoms with Crippen LogP contribution in [0.5, 0.6) is 0 Å². The summed E-state index contributed by atoms with van der Waals surface area (Å²) in [6.45, 7) is 3.98. The van der Waals surface area contributed by atoms with Crippen molar-refractivity contribution in [3.05, 3.63) is 71.0 Å². The molecule has 0 aliphatic carbocycles. The lowest BCUT2D eigenvalue weighted by molar-refractivity contribution is -0.119. The molecule has 0 radical (unpaired) electrons. The van der Waals surface area contributed by atoms with Crippen molar-refractivity contribution in [2.45, 2.75) is 25.6 Å². The molecule has 0 aliphatic heterocycles. The van der Waals surface area contributed by atoms with Crippen LogP contribution in [0.15, 0.2) is 48.5 Å². The molecule has 1 atom stereocenters. The highest BCUT2D eigenvalue weighted by molar-refractivity contribution is 7.99. The van der Waals surface area contributed by atoms with Gasteiger partial charge in [-0.1, -0.05) is 36.4 Å². The first kappa shape index (κ1) is 16.6. The first-order valence-electron chi connectivity index (χ1n) is 7.23. The van der Waals surface area contributed by atoms with Crippen LogP contribution in [0.1, 0.15) is 29.7 Å². The number of nitrogens with one attached hydrogen (secondary N) is 1. The fourth-order valence-electron chi connectivity index (χ4n) is 2.14. The maximum Gasteiger partial charge on any atom is 0.230 e. The van der Waals surface area contributed by atoms with Crippen LogP contribution in [0, 0.1) is 12.7 Å². The van der Waals surface area contributed by atoms with E-state index in [9.17, 15) is 9.18 Å². The van der Waals surface area contributed by atoms with Gasteiger partial charge in [0.15, 0.2) is 0 Å². The minimum Gasteiger partial charge on any atom is -0.349 e. The molecular formula is C18H20FNOS. The maximum absolute atomic E-state index is 12.9. The number of aryl methyl sites for hydroxylation is 1. The molecule has 0 saturated carbocycles. The van der Waals surface area contributed by atoms with Crippen molar-refractivity contribution in [2.75, 3.05) is 5.75 Å². The molecular weight excluding hydrogens is 297 g/mol. The van der Waals surface area contributed by atoms with Crippen LogP contribution >= 0.6 is 11.8 Å². The molecule has 116 valence electrons. The molecule has 1 N–H and O–H groups in total. The molecule has 1 amide bonds. The Morgan fingerprint density at radius 2 is 1.86 bits per heavy atom. The van der Waals surface area contributed by atoms with Gasteiger partial charge in [-0.05, 0) is 42.7 Å². The third-order valence-electron chi connectivity index (χ3n) is 3.50. The van der Waals surface area contributed by atoms with E-state index in [0.717, 1.165) is 11.3 Å². The van der Waals surface area contributed by atoms with Gasteiger partial charge in [-0.2, -0.15) is 0 Å². The van der Waals surface area contributed by atoms with Crippen LogP contribution in [0.4, 0.5) is 4.39 Å². The van der Waals surface area contributed by atoms with Gasteiger partial charge in [-0.25, -0.2) is 4.39 Å². The standard InChI is InChI=1S/C18H20FNOS/c1-13-5-3-4-6-16(13)11-22-12-18(21)20-14(2)15-7-9-17(19)10-8-15/h3-10,14H,11-12H2,1-2H3,(H,20,21)/t14-/m0/s1. The van der Waals surface area contributed by atoms with E-state index in [1.807, 2.05) is 19.1 Å². The number of carbonyl (C=O) groups excluding carboxylic acids is 1. The van der Waals surface area contributed by atoms with Crippen LogP contribution in [-0.4, -0.2) is 11.7 Å². The second-order valence-corrected chi connectivity index (χ2v) is 6.25. The number of rotatable bonds is 6. The molecule has 22 heavy (non-hydrogen) atoms. The van der Waals surface area contributed by atoms with Crippen molar-refractivity contribution < 1.29 is 9.18 Å². The number of thioether (sulfide) groups is 1. The number of halogens is 1. The minimum atomic E-state index is -0.268. The van der Waals surface area contributed by atoms with E-state index in [1.54, 1.807) is 23.9 Å². The Bertz CT molecular complexity index is 627. The predicted molar refractivity (Wildman–Crippen MR) is 90.3 cm³/mol. The van der Waals surface area contributed by atoms with E-state index in [1.165, 1.54) is 23.3 Å². The monoisotopic (exact) mass is 317 g/mol. The normalized spacial score (nSPS) is 12.0. The van der Waals surface area contributed by atoms with Gasteiger partial charge in [0, 0.05) is 5.75 Å². The molecule has 2 aromatic carbocycles. The van der Waals surface area contributed by atoms with Crippen molar-refractivity contribution in [3.8, 4) is 0 Å². The molecule has 0 aromatic heterocycles. The molecule has 2 rings (SSSR count). The van der Waals surface area contributed by atoms with Crippen molar-refractivity contribution >= 4 is 17.7 Å². The first-order chi connectivity index (χ1) is 10.6. The van der Waals surface area contributed by atoms with E-state index < -0.39 is 0 Å². The van der Waals surface area contributed by atoms with E-state index in [0.29, 0.717) is 5.75 Å². The Labute approximate surface area is 135 Å². The summed E-state index contributed by atoms with van der Waals surface area (Å²) in [7, 11) is 0. The molecule has 0 fully saturated rings.